The molecule has 1 aromatic carbocycles. The first-order chi connectivity index (χ1) is 8.79. The molecule has 1 aromatic rings. The number of halogens is 4. The van der Waals surface area contributed by atoms with Crippen molar-refractivity contribution < 1.29 is 17.9 Å². The predicted molar refractivity (Wildman–Crippen MR) is 70.3 cm³/mol. The molecule has 2 nitrogen and oxygen atoms in total. The minimum atomic E-state index is -4.42. The Morgan fingerprint density at radius 3 is 2.58 bits per heavy atom. The first-order valence-electron chi connectivity index (χ1n) is 5.86. The topological polar surface area (TPSA) is 21.6 Å². The first kappa shape index (κ1) is 14.4. The number of hydrogen-bond donors (Lipinski definition) is 0. The van der Waals surface area contributed by atoms with Crippen molar-refractivity contribution in [2.24, 2.45) is 10.9 Å². The van der Waals surface area contributed by atoms with E-state index in [1.54, 1.807) is 0 Å². The minimum absolute atomic E-state index is 0.00924. The Hall–Kier alpha value is -1.04. The van der Waals surface area contributed by atoms with Crippen LogP contribution in [-0.2, 0) is 10.9 Å². The van der Waals surface area contributed by atoms with E-state index in [4.69, 9.17) is 4.74 Å². The van der Waals surface area contributed by atoms with E-state index in [1.165, 1.54) is 12.1 Å². The van der Waals surface area contributed by atoms with Gasteiger partial charge in [-0.2, -0.15) is 13.2 Å². The van der Waals surface area contributed by atoms with Crippen molar-refractivity contribution in [3.8, 4) is 0 Å². The van der Waals surface area contributed by atoms with E-state index < -0.39 is 11.7 Å². The lowest BCUT2D eigenvalue weighted by atomic mass is 10.1. The highest BCUT2D eigenvalue weighted by Gasteiger charge is 2.36. The fourth-order valence-corrected chi connectivity index (χ4v) is 2.18. The number of ether oxygens (including phenoxy) is 1. The maximum atomic E-state index is 13.0. The van der Waals surface area contributed by atoms with Crippen molar-refractivity contribution in [1.29, 1.82) is 0 Å². The number of alkyl halides is 3. The number of hydrogen-bond acceptors (Lipinski definition) is 2. The van der Waals surface area contributed by atoms with Gasteiger partial charge in [0.25, 0.3) is 0 Å². The summed E-state index contributed by atoms with van der Waals surface area (Å²) in [5.41, 5.74) is -0.733. The molecule has 1 atom stereocenters. The molecule has 0 aliphatic carbocycles. The monoisotopic (exact) mass is 335 g/mol. The van der Waals surface area contributed by atoms with Crippen molar-refractivity contribution in [3.63, 3.8) is 0 Å². The molecule has 0 bridgehead atoms. The van der Waals surface area contributed by atoms with Crippen LogP contribution in [0.3, 0.4) is 0 Å². The summed E-state index contributed by atoms with van der Waals surface area (Å²) in [4.78, 5) is 4.25. The zero-order valence-electron chi connectivity index (χ0n) is 10.5. The lowest BCUT2D eigenvalue weighted by molar-refractivity contribution is -0.137. The van der Waals surface area contributed by atoms with Crippen molar-refractivity contribution >= 4 is 21.8 Å². The molecule has 0 saturated carbocycles. The fraction of sp³-hybridized carbons (Fsp3) is 0.462. The van der Waals surface area contributed by atoms with Gasteiger partial charge in [0, 0.05) is 10.0 Å². The SMILES string of the molecule is CC(C)[C@H]1COC(c2cc(Br)ccc2C(F)(F)F)=N1. The molecule has 0 N–H and O–H groups in total. The standard InChI is InChI=1S/C13H13BrF3NO/c1-7(2)11-6-19-12(18-11)9-5-8(14)3-4-10(9)13(15,16)17/h3-5,7,11H,6H2,1-2H3/t11-/m1/s1. The molecular formula is C13H13BrF3NO. The molecule has 6 heteroatoms. The molecular weight excluding hydrogens is 323 g/mol. The number of nitrogens with zero attached hydrogens (tertiary/aromatic N) is 1. The third kappa shape index (κ3) is 3.11. The maximum absolute atomic E-state index is 13.0. The van der Waals surface area contributed by atoms with E-state index >= 15 is 0 Å². The summed E-state index contributed by atoms with van der Waals surface area (Å²) in [6.07, 6.45) is -4.42. The average Bonchev–Trinajstić information content (AvgIpc) is 2.76. The highest BCUT2D eigenvalue weighted by molar-refractivity contribution is 9.10. The van der Waals surface area contributed by atoms with Gasteiger partial charge in [0.1, 0.15) is 6.61 Å². The third-order valence-electron chi connectivity index (χ3n) is 2.96. The van der Waals surface area contributed by atoms with Gasteiger partial charge in [-0.3, -0.25) is 0 Å². The van der Waals surface area contributed by atoms with Gasteiger partial charge < -0.3 is 4.74 Å². The Morgan fingerprint density at radius 2 is 2.05 bits per heavy atom. The summed E-state index contributed by atoms with van der Waals surface area (Å²) < 4.78 is 44.8. The largest absolute Gasteiger partial charge is 0.475 e. The van der Waals surface area contributed by atoms with Crippen molar-refractivity contribution in [2.45, 2.75) is 26.1 Å². The Kier molecular flexibility index (Phi) is 3.90. The van der Waals surface area contributed by atoms with Gasteiger partial charge in [0.15, 0.2) is 0 Å². The Balaban J connectivity index is 2.45. The summed E-state index contributed by atoms with van der Waals surface area (Å²) in [7, 11) is 0. The van der Waals surface area contributed by atoms with Crippen LogP contribution in [0.4, 0.5) is 13.2 Å². The van der Waals surface area contributed by atoms with Gasteiger partial charge in [-0.05, 0) is 24.1 Å². The predicted octanol–water partition coefficient (Wildman–Crippen LogP) is 4.27. The lowest BCUT2D eigenvalue weighted by Gasteiger charge is -2.12. The van der Waals surface area contributed by atoms with E-state index in [9.17, 15) is 13.2 Å². The van der Waals surface area contributed by atoms with Gasteiger partial charge in [0.2, 0.25) is 5.90 Å². The molecule has 0 unspecified atom stereocenters. The van der Waals surface area contributed by atoms with Crippen LogP contribution in [0.25, 0.3) is 0 Å². The van der Waals surface area contributed by atoms with Crippen LogP contribution in [0.1, 0.15) is 25.0 Å². The van der Waals surface area contributed by atoms with Crippen molar-refractivity contribution in [3.05, 3.63) is 33.8 Å². The smallest absolute Gasteiger partial charge is 0.417 e. The Bertz CT molecular complexity index is 511. The summed E-state index contributed by atoms with van der Waals surface area (Å²) in [6.45, 7) is 4.26. The van der Waals surface area contributed by atoms with Crippen LogP contribution in [0, 0.1) is 5.92 Å². The summed E-state index contributed by atoms with van der Waals surface area (Å²) in [5.74, 6) is 0.311. The van der Waals surface area contributed by atoms with Gasteiger partial charge >= 0.3 is 6.18 Å². The van der Waals surface area contributed by atoms with E-state index in [0.717, 1.165) is 6.07 Å². The summed E-state index contributed by atoms with van der Waals surface area (Å²) in [6, 6.07) is 3.70. The lowest BCUT2D eigenvalue weighted by Crippen LogP contribution is -2.14. The molecule has 2 rings (SSSR count). The number of benzene rings is 1. The fourth-order valence-electron chi connectivity index (χ4n) is 1.82. The molecule has 19 heavy (non-hydrogen) atoms. The zero-order valence-corrected chi connectivity index (χ0v) is 12.0. The second-order valence-electron chi connectivity index (χ2n) is 4.74. The zero-order chi connectivity index (χ0) is 14.2. The van der Waals surface area contributed by atoms with E-state index in [-0.39, 0.29) is 23.4 Å². The second-order valence-corrected chi connectivity index (χ2v) is 5.66. The van der Waals surface area contributed by atoms with Crippen LogP contribution < -0.4 is 0 Å². The van der Waals surface area contributed by atoms with Gasteiger partial charge in [-0.15, -0.1) is 0 Å². The van der Waals surface area contributed by atoms with Gasteiger partial charge in [0.05, 0.1) is 11.6 Å². The number of aliphatic imine (C=N–C) groups is 1. The molecule has 0 saturated heterocycles. The van der Waals surface area contributed by atoms with Crippen LogP contribution >= 0.6 is 15.9 Å². The van der Waals surface area contributed by atoms with Gasteiger partial charge in [-0.25, -0.2) is 4.99 Å². The maximum Gasteiger partial charge on any atom is 0.417 e. The third-order valence-corrected chi connectivity index (χ3v) is 3.45. The highest BCUT2D eigenvalue weighted by Crippen LogP contribution is 2.34. The van der Waals surface area contributed by atoms with E-state index in [2.05, 4.69) is 20.9 Å². The normalized spacial score (nSPS) is 19.5. The van der Waals surface area contributed by atoms with Crippen LogP contribution in [0.5, 0.6) is 0 Å². The first-order valence-corrected chi connectivity index (χ1v) is 6.66. The molecule has 104 valence electrons. The minimum Gasteiger partial charge on any atom is -0.475 e. The Labute approximate surface area is 117 Å². The quantitative estimate of drug-likeness (QED) is 0.790. The second kappa shape index (κ2) is 5.15. The summed E-state index contributed by atoms with van der Waals surface area (Å²) >= 11 is 3.18. The molecule has 0 radical (unpaired) electrons. The highest BCUT2D eigenvalue weighted by atomic mass is 79.9. The molecule has 1 aliphatic heterocycles. The Morgan fingerprint density at radius 1 is 1.37 bits per heavy atom. The van der Waals surface area contributed by atoms with Crippen LogP contribution in [0.15, 0.2) is 27.7 Å². The molecule has 1 heterocycles. The van der Waals surface area contributed by atoms with E-state index in [1.807, 2.05) is 13.8 Å². The van der Waals surface area contributed by atoms with Crippen molar-refractivity contribution in [1.82, 2.24) is 0 Å². The molecule has 1 aliphatic rings. The van der Waals surface area contributed by atoms with Gasteiger partial charge in [-0.1, -0.05) is 29.8 Å². The molecule has 0 fully saturated rings. The molecule has 0 aromatic heterocycles. The summed E-state index contributed by atoms with van der Waals surface area (Å²) in [5, 5.41) is 0. The van der Waals surface area contributed by atoms with E-state index in [0.29, 0.717) is 11.1 Å². The average molecular weight is 336 g/mol. The van der Waals surface area contributed by atoms with Crippen LogP contribution in [-0.4, -0.2) is 18.5 Å². The van der Waals surface area contributed by atoms with Crippen molar-refractivity contribution in [2.75, 3.05) is 6.61 Å². The molecule has 0 spiro atoms. The van der Waals surface area contributed by atoms with Crippen LogP contribution in [0.2, 0.25) is 0 Å². The number of rotatable bonds is 2. The molecule has 0 amide bonds.